The Labute approximate surface area is 122 Å². The molecule has 0 spiro atoms. The monoisotopic (exact) mass is 285 g/mol. The molecule has 0 aliphatic heterocycles. The van der Waals surface area contributed by atoms with Crippen LogP contribution in [0.25, 0.3) is 0 Å². The Balaban J connectivity index is 2.72. The van der Waals surface area contributed by atoms with E-state index in [1.54, 1.807) is 0 Å². The van der Waals surface area contributed by atoms with Crippen molar-refractivity contribution in [1.82, 2.24) is 10.2 Å². The number of nitrogens with zero attached hydrogens (tertiary/aromatic N) is 1. The Morgan fingerprint density at radius 1 is 1.42 bits per heavy atom. The van der Waals surface area contributed by atoms with Gasteiger partial charge >= 0.3 is 0 Å². The second-order valence-corrected chi connectivity index (χ2v) is 7.02. The van der Waals surface area contributed by atoms with Gasteiger partial charge in [0, 0.05) is 18.1 Å². The van der Waals surface area contributed by atoms with E-state index < -0.39 is 0 Å². The first-order valence-electron chi connectivity index (χ1n) is 7.07. The van der Waals surface area contributed by atoms with E-state index in [9.17, 15) is 4.79 Å². The summed E-state index contributed by atoms with van der Waals surface area (Å²) >= 11 is 5.03. The molecule has 5 heteroatoms. The van der Waals surface area contributed by atoms with Gasteiger partial charge in [0.1, 0.15) is 0 Å². The fourth-order valence-electron chi connectivity index (χ4n) is 2.62. The number of rotatable bonds is 5. The van der Waals surface area contributed by atoms with E-state index in [4.69, 9.17) is 18.0 Å². The Morgan fingerprint density at radius 2 is 1.95 bits per heavy atom. The summed E-state index contributed by atoms with van der Waals surface area (Å²) < 4.78 is 0. The van der Waals surface area contributed by atoms with Gasteiger partial charge in [-0.3, -0.25) is 9.69 Å². The van der Waals surface area contributed by atoms with Crippen molar-refractivity contribution < 1.29 is 4.79 Å². The molecular weight excluding hydrogens is 258 g/mol. The molecule has 110 valence electrons. The number of carbonyl (C=O) groups excluding carboxylic acids is 1. The summed E-state index contributed by atoms with van der Waals surface area (Å²) in [4.78, 5) is 14.9. The van der Waals surface area contributed by atoms with Crippen molar-refractivity contribution in [3.63, 3.8) is 0 Å². The summed E-state index contributed by atoms with van der Waals surface area (Å²) in [5, 5.41) is 3.03. The van der Waals surface area contributed by atoms with Crippen LogP contribution in [0, 0.1) is 0 Å². The first kappa shape index (κ1) is 16.4. The van der Waals surface area contributed by atoms with Crippen LogP contribution in [-0.4, -0.2) is 40.0 Å². The quantitative estimate of drug-likeness (QED) is 0.757. The molecule has 1 fully saturated rings. The molecule has 1 atom stereocenters. The predicted octanol–water partition coefficient (Wildman–Crippen LogP) is 1.82. The minimum atomic E-state index is -0.212. The number of nitrogens with one attached hydrogen (secondary N) is 1. The predicted molar refractivity (Wildman–Crippen MR) is 83.1 cm³/mol. The summed E-state index contributed by atoms with van der Waals surface area (Å²) in [7, 11) is 0. The standard InChI is InChI=1S/C14H27N3OS/c1-10(13(18)16-14(2,3)4)17(9-12(15)19)11-7-5-6-8-11/h10-11H,5-9H2,1-4H3,(H2,15,19)(H,16,18). The van der Waals surface area contributed by atoms with E-state index in [2.05, 4.69) is 10.2 Å². The molecule has 1 rings (SSSR count). The highest BCUT2D eigenvalue weighted by Gasteiger charge is 2.31. The number of amides is 1. The molecule has 1 aliphatic rings. The van der Waals surface area contributed by atoms with Crippen molar-refractivity contribution in [2.45, 2.75) is 71.0 Å². The molecule has 0 bridgehead atoms. The Kier molecular flexibility index (Phi) is 5.74. The van der Waals surface area contributed by atoms with Crippen molar-refractivity contribution in [3.8, 4) is 0 Å². The third-order valence-electron chi connectivity index (χ3n) is 3.51. The second-order valence-electron chi connectivity index (χ2n) is 6.49. The number of nitrogens with two attached hydrogens (primary N) is 1. The first-order valence-corrected chi connectivity index (χ1v) is 7.47. The van der Waals surface area contributed by atoms with Crippen LogP contribution in [0.4, 0.5) is 0 Å². The van der Waals surface area contributed by atoms with Crippen LogP contribution in [0.15, 0.2) is 0 Å². The highest BCUT2D eigenvalue weighted by Crippen LogP contribution is 2.25. The van der Waals surface area contributed by atoms with Crippen molar-refractivity contribution >= 4 is 23.1 Å². The van der Waals surface area contributed by atoms with Gasteiger partial charge in [0.05, 0.1) is 11.0 Å². The number of hydrogen-bond acceptors (Lipinski definition) is 3. The fraction of sp³-hybridized carbons (Fsp3) is 0.857. The molecule has 3 N–H and O–H groups in total. The normalized spacial score (nSPS) is 18.6. The first-order chi connectivity index (χ1) is 8.70. The summed E-state index contributed by atoms with van der Waals surface area (Å²) in [5.41, 5.74) is 5.47. The lowest BCUT2D eigenvalue weighted by Gasteiger charge is -2.35. The van der Waals surface area contributed by atoms with Gasteiger partial charge in [-0.05, 0) is 40.5 Å². The number of carbonyl (C=O) groups is 1. The van der Waals surface area contributed by atoms with Gasteiger partial charge in [0.2, 0.25) is 5.91 Å². The maximum atomic E-state index is 12.3. The van der Waals surface area contributed by atoms with E-state index >= 15 is 0 Å². The zero-order valence-corrected chi connectivity index (χ0v) is 13.3. The zero-order chi connectivity index (χ0) is 14.6. The minimum absolute atomic E-state index is 0.0515. The van der Waals surface area contributed by atoms with Crippen LogP contribution < -0.4 is 11.1 Å². The molecule has 1 unspecified atom stereocenters. The second kappa shape index (κ2) is 6.66. The van der Waals surface area contributed by atoms with Crippen LogP contribution in [-0.2, 0) is 4.79 Å². The van der Waals surface area contributed by atoms with Crippen molar-refractivity contribution in [2.75, 3.05) is 6.54 Å². The van der Waals surface area contributed by atoms with Gasteiger partial charge in [-0.15, -0.1) is 0 Å². The smallest absolute Gasteiger partial charge is 0.237 e. The minimum Gasteiger partial charge on any atom is -0.392 e. The van der Waals surface area contributed by atoms with E-state index in [-0.39, 0.29) is 17.5 Å². The highest BCUT2D eigenvalue weighted by molar-refractivity contribution is 7.80. The molecule has 1 aliphatic carbocycles. The third-order valence-corrected chi connectivity index (χ3v) is 3.64. The van der Waals surface area contributed by atoms with Gasteiger partial charge in [-0.1, -0.05) is 25.1 Å². The van der Waals surface area contributed by atoms with Crippen LogP contribution in [0.3, 0.4) is 0 Å². The van der Waals surface area contributed by atoms with E-state index in [0.717, 1.165) is 12.8 Å². The highest BCUT2D eigenvalue weighted by atomic mass is 32.1. The molecule has 19 heavy (non-hydrogen) atoms. The molecule has 0 saturated heterocycles. The number of thiocarbonyl (C=S) groups is 1. The van der Waals surface area contributed by atoms with Crippen molar-refractivity contribution in [3.05, 3.63) is 0 Å². The average Bonchev–Trinajstić information content (AvgIpc) is 2.75. The fourth-order valence-corrected chi connectivity index (χ4v) is 2.77. The Morgan fingerprint density at radius 3 is 2.37 bits per heavy atom. The van der Waals surface area contributed by atoms with Crippen LogP contribution >= 0.6 is 12.2 Å². The summed E-state index contributed by atoms with van der Waals surface area (Å²) in [6, 6.07) is 0.242. The molecule has 1 amide bonds. The molecule has 0 aromatic rings. The van der Waals surface area contributed by atoms with Crippen molar-refractivity contribution in [1.29, 1.82) is 0 Å². The van der Waals surface area contributed by atoms with Gasteiger partial charge in [0.25, 0.3) is 0 Å². The van der Waals surface area contributed by atoms with E-state index in [0.29, 0.717) is 17.6 Å². The van der Waals surface area contributed by atoms with Crippen LogP contribution in [0.5, 0.6) is 0 Å². The van der Waals surface area contributed by atoms with Crippen molar-refractivity contribution in [2.24, 2.45) is 5.73 Å². The summed E-state index contributed by atoms with van der Waals surface area (Å²) in [6.07, 6.45) is 4.73. The Bertz CT molecular complexity index is 332. The SMILES string of the molecule is CC(C(=O)NC(C)(C)C)N(CC(N)=S)C1CCCC1. The number of hydrogen-bond donors (Lipinski definition) is 2. The van der Waals surface area contributed by atoms with E-state index in [1.807, 2.05) is 27.7 Å². The molecule has 0 radical (unpaired) electrons. The Hall–Kier alpha value is -0.680. The summed E-state index contributed by atoms with van der Waals surface area (Å²) in [5.74, 6) is 0.0515. The maximum Gasteiger partial charge on any atom is 0.237 e. The largest absolute Gasteiger partial charge is 0.392 e. The van der Waals surface area contributed by atoms with Gasteiger partial charge < -0.3 is 11.1 Å². The van der Waals surface area contributed by atoms with Gasteiger partial charge in [0.15, 0.2) is 0 Å². The van der Waals surface area contributed by atoms with Crippen LogP contribution in [0.1, 0.15) is 53.4 Å². The molecule has 4 nitrogen and oxygen atoms in total. The molecule has 0 aromatic carbocycles. The maximum absolute atomic E-state index is 12.3. The van der Waals surface area contributed by atoms with Crippen LogP contribution in [0.2, 0.25) is 0 Å². The third kappa shape index (κ3) is 5.45. The summed E-state index contributed by atoms with van der Waals surface area (Å²) in [6.45, 7) is 8.44. The average molecular weight is 285 g/mol. The molecule has 1 saturated carbocycles. The van der Waals surface area contributed by atoms with Gasteiger partial charge in [-0.25, -0.2) is 0 Å². The molecule has 0 aromatic heterocycles. The molecule has 0 heterocycles. The zero-order valence-electron chi connectivity index (χ0n) is 12.5. The van der Waals surface area contributed by atoms with E-state index in [1.165, 1.54) is 12.8 Å². The lowest BCUT2D eigenvalue weighted by atomic mass is 10.1. The lowest BCUT2D eigenvalue weighted by molar-refractivity contribution is -0.127. The lowest BCUT2D eigenvalue weighted by Crippen LogP contribution is -2.54. The topological polar surface area (TPSA) is 58.4 Å². The van der Waals surface area contributed by atoms with Gasteiger partial charge in [-0.2, -0.15) is 0 Å². The molecular formula is C14H27N3OS.